The third-order valence-corrected chi connectivity index (χ3v) is 11.8. The van der Waals surface area contributed by atoms with Gasteiger partial charge in [-0.1, -0.05) is 133 Å². The summed E-state index contributed by atoms with van der Waals surface area (Å²) in [5, 5.41) is 10.8. The number of nitrogens with zero attached hydrogens (tertiary/aromatic N) is 4. The number of hydrogen-bond acceptors (Lipinski definition) is 5. The molecule has 9 aromatic carbocycles. The summed E-state index contributed by atoms with van der Waals surface area (Å²) in [6.45, 7) is 0. The van der Waals surface area contributed by atoms with E-state index >= 15 is 0 Å². The summed E-state index contributed by atoms with van der Waals surface area (Å²) < 4.78 is 15.7. The van der Waals surface area contributed by atoms with Gasteiger partial charge in [-0.15, -0.1) is 0 Å². The van der Waals surface area contributed by atoms with E-state index in [0.717, 1.165) is 88.1 Å². The molecule has 6 heteroatoms. The topological polar surface area (TPSA) is 69.9 Å². The first kappa shape index (κ1) is 32.0. The predicted molar refractivity (Wildman–Crippen MR) is 240 cm³/mol. The van der Waals surface area contributed by atoms with Gasteiger partial charge in [-0.3, -0.25) is 0 Å². The van der Waals surface area contributed by atoms with Gasteiger partial charge in [-0.05, 0) is 58.6 Å². The molecular weight excluding hydrogens is 725 g/mol. The van der Waals surface area contributed by atoms with Crippen LogP contribution in [0.3, 0.4) is 0 Å². The van der Waals surface area contributed by atoms with E-state index in [1.807, 2.05) is 60.7 Å². The molecule has 6 nitrogen and oxygen atoms in total. The molecule has 4 heterocycles. The molecule has 0 aliphatic heterocycles. The minimum absolute atomic E-state index is 0.549. The minimum atomic E-state index is 0.549. The van der Waals surface area contributed by atoms with Crippen LogP contribution in [-0.2, 0) is 0 Å². The third kappa shape index (κ3) is 4.77. The summed E-state index contributed by atoms with van der Waals surface area (Å²) in [7, 11) is 0. The van der Waals surface area contributed by atoms with Gasteiger partial charge >= 0.3 is 0 Å². The normalized spacial score (nSPS) is 12.1. The smallest absolute Gasteiger partial charge is 0.164 e. The van der Waals surface area contributed by atoms with Gasteiger partial charge in [0.2, 0.25) is 0 Å². The van der Waals surface area contributed by atoms with Gasteiger partial charge in [0.05, 0.1) is 16.7 Å². The molecule has 4 aromatic heterocycles. The van der Waals surface area contributed by atoms with E-state index in [2.05, 4.69) is 126 Å². The largest absolute Gasteiger partial charge is 0.456 e. The first-order chi connectivity index (χ1) is 29.2. The van der Waals surface area contributed by atoms with Crippen molar-refractivity contribution in [2.75, 3.05) is 0 Å². The molecule has 0 aliphatic carbocycles. The molecule has 274 valence electrons. The van der Waals surface area contributed by atoms with Crippen LogP contribution in [0, 0.1) is 0 Å². The van der Waals surface area contributed by atoms with Gasteiger partial charge in [0.1, 0.15) is 22.3 Å². The Bertz CT molecular complexity index is 3860. The number of para-hydroxylation sites is 2. The van der Waals surface area contributed by atoms with Crippen molar-refractivity contribution < 1.29 is 8.83 Å². The van der Waals surface area contributed by atoms with Crippen molar-refractivity contribution in [2.24, 2.45) is 0 Å². The number of rotatable bonds is 4. The molecule has 0 aliphatic rings. The first-order valence-electron chi connectivity index (χ1n) is 19.8. The molecule has 0 fully saturated rings. The zero-order chi connectivity index (χ0) is 38.6. The summed E-state index contributed by atoms with van der Waals surface area (Å²) in [5.74, 6) is 1.69. The van der Waals surface area contributed by atoms with Crippen molar-refractivity contribution in [3.63, 3.8) is 0 Å². The van der Waals surface area contributed by atoms with Gasteiger partial charge in [-0.25, -0.2) is 15.0 Å². The highest BCUT2D eigenvalue weighted by atomic mass is 16.3. The Hall–Kier alpha value is -8.09. The van der Waals surface area contributed by atoms with Crippen LogP contribution in [0.25, 0.3) is 127 Å². The number of hydrogen-bond donors (Lipinski definition) is 0. The molecule has 0 bridgehead atoms. The van der Waals surface area contributed by atoms with Crippen LogP contribution in [0.5, 0.6) is 0 Å². The van der Waals surface area contributed by atoms with Crippen molar-refractivity contribution in [3.8, 4) is 39.9 Å². The van der Waals surface area contributed by atoms with E-state index in [4.69, 9.17) is 23.8 Å². The fraction of sp³-hybridized carbons (Fsp3) is 0. The Morgan fingerprint density at radius 1 is 0.356 bits per heavy atom. The second kappa shape index (κ2) is 12.2. The van der Waals surface area contributed by atoms with Crippen molar-refractivity contribution in [2.45, 2.75) is 0 Å². The Kier molecular flexibility index (Phi) is 6.63. The number of aromatic nitrogens is 4. The van der Waals surface area contributed by atoms with Crippen LogP contribution in [-0.4, -0.2) is 19.5 Å². The summed E-state index contributed by atoms with van der Waals surface area (Å²) in [5.41, 5.74) is 8.96. The van der Waals surface area contributed by atoms with Crippen molar-refractivity contribution in [1.29, 1.82) is 0 Å². The number of furan rings is 2. The molecular formula is C53H30N4O2. The molecule has 0 saturated carbocycles. The van der Waals surface area contributed by atoms with Crippen LogP contribution in [0.15, 0.2) is 191 Å². The number of fused-ring (bicyclic) bond motifs is 12. The molecule has 0 N–H and O–H groups in total. The predicted octanol–water partition coefficient (Wildman–Crippen LogP) is 14.1. The average molecular weight is 755 g/mol. The lowest BCUT2D eigenvalue weighted by molar-refractivity contribution is 0.669. The van der Waals surface area contributed by atoms with Crippen LogP contribution in [0.1, 0.15) is 0 Å². The maximum atomic E-state index is 6.99. The van der Waals surface area contributed by atoms with Gasteiger partial charge in [0, 0.05) is 60.5 Å². The maximum Gasteiger partial charge on any atom is 0.164 e. The molecule has 0 spiro atoms. The second-order valence-corrected chi connectivity index (χ2v) is 15.2. The average Bonchev–Trinajstić information content (AvgIpc) is 3.97. The monoisotopic (exact) mass is 754 g/mol. The van der Waals surface area contributed by atoms with E-state index in [-0.39, 0.29) is 0 Å². The molecule has 0 saturated heterocycles. The lowest BCUT2D eigenvalue weighted by atomic mass is 10.0. The zero-order valence-electron chi connectivity index (χ0n) is 31.4. The fourth-order valence-corrected chi connectivity index (χ4v) is 9.15. The van der Waals surface area contributed by atoms with Gasteiger partial charge < -0.3 is 13.4 Å². The molecule has 0 unspecified atom stereocenters. The summed E-state index contributed by atoms with van der Waals surface area (Å²) in [4.78, 5) is 15.9. The van der Waals surface area contributed by atoms with Crippen molar-refractivity contribution in [1.82, 2.24) is 19.5 Å². The molecule has 13 aromatic rings. The van der Waals surface area contributed by atoms with E-state index in [1.165, 1.54) is 21.5 Å². The fourth-order valence-electron chi connectivity index (χ4n) is 9.15. The summed E-state index contributed by atoms with van der Waals surface area (Å²) in [6, 6.07) is 63.2. The zero-order valence-corrected chi connectivity index (χ0v) is 31.4. The lowest BCUT2D eigenvalue weighted by Gasteiger charge is -2.13. The maximum absolute atomic E-state index is 6.99. The molecule has 0 radical (unpaired) electrons. The van der Waals surface area contributed by atoms with E-state index in [1.54, 1.807) is 0 Å². The van der Waals surface area contributed by atoms with Gasteiger partial charge in [-0.2, -0.15) is 0 Å². The molecule has 0 atom stereocenters. The highest BCUT2D eigenvalue weighted by Crippen LogP contribution is 2.44. The van der Waals surface area contributed by atoms with Crippen LogP contribution in [0.2, 0.25) is 0 Å². The lowest BCUT2D eigenvalue weighted by Crippen LogP contribution is -2.02. The molecule has 13 rings (SSSR count). The van der Waals surface area contributed by atoms with Gasteiger partial charge in [0.25, 0.3) is 0 Å². The summed E-state index contributed by atoms with van der Waals surface area (Å²) in [6.07, 6.45) is 0. The van der Waals surface area contributed by atoms with E-state index in [0.29, 0.717) is 17.5 Å². The highest BCUT2D eigenvalue weighted by molar-refractivity contribution is 6.20. The minimum Gasteiger partial charge on any atom is -0.456 e. The highest BCUT2D eigenvalue weighted by Gasteiger charge is 2.23. The second-order valence-electron chi connectivity index (χ2n) is 15.2. The quantitative estimate of drug-likeness (QED) is 0.179. The standard InChI is InChI=1S/C53H30N4O2/c1-2-14-32(15-3-1)51-54-52(40-21-12-24-46-48(40)38-20-9-11-23-45(38)58-46)56-53(55-51)42-29-35(30-47-49(42)39-26-25-31-13-6-7-18-36(31)50(39)59-47)57-43-22-10-8-19-37(43)41-27-33-16-4-5-17-34(33)28-44(41)57/h1-30H. The Balaban J connectivity index is 1.17. The third-order valence-electron chi connectivity index (χ3n) is 11.8. The Labute approximate surface area is 336 Å². The van der Waals surface area contributed by atoms with E-state index < -0.39 is 0 Å². The van der Waals surface area contributed by atoms with Gasteiger partial charge in [0.15, 0.2) is 17.5 Å². The SMILES string of the molecule is c1ccc(-c2nc(-c3cccc4oc5ccccc5c34)nc(-c3cc(-n4c5ccccc5c5cc6ccccc6cc54)cc4oc5c6ccccc6ccc5c34)n2)cc1. The van der Waals surface area contributed by atoms with Crippen molar-refractivity contribution >= 4 is 87.2 Å². The molecule has 0 amide bonds. The van der Waals surface area contributed by atoms with Crippen molar-refractivity contribution in [3.05, 3.63) is 182 Å². The molecule has 59 heavy (non-hydrogen) atoms. The summed E-state index contributed by atoms with van der Waals surface area (Å²) >= 11 is 0. The van der Waals surface area contributed by atoms with Crippen LogP contribution in [0.4, 0.5) is 0 Å². The van der Waals surface area contributed by atoms with E-state index in [9.17, 15) is 0 Å². The van der Waals surface area contributed by atoms with Crippen LogP contribution < -0.4 is 0 Å². The van der Waals surface area contributed by atoms with Crippen LogP contribution >= 0.6 is 0 Å². The Morgan fingerprint density at radius 2 is 1.02 bits per heavy atom. The Morgan fingerprint density at radius 3 is 1.88 bits per heavy atom. The first-order valence-corrected chi connectivity index (χ1v) is 19.8. The number of benzene rings is 9.